The fourth-order valence-corrected chi connectivity index (χ4v) is 2.86. The van der Waals surface area contributed by atoms with Gasteiger partial charge in [0.25, 0.3) is 0 Å². The Morgan fingerprint density at radius 1 is 1.38 bits per heavy atom. The van der Waals surface area contributed by atoms with Gasteiger partial charge in [-0.2, -0.15) is 0 Å². The predicted octanol–water partition coefficient (Wildman–Crippen LogP) is 2.04. The Morgan fingerprint density at radius 3 is 2.86 bits per heavy atom. The van der Waals surface area contributed by atoms with Crippen molar-refractivity contribution >= 4 is 5.91 Å². The van der Waals surface area contributed by atoms with Gasteiger partial charge >= 0.3 is 0 Å². The number of aryl methyl sites for hydroxylation is 1. The zero-order valence-electron chi connectivity index (χ0n) is 12.8. The molecule has 1 aromatic rings. The summed E-state index contributed by atoms with van der Waals surface area (Å²) in [6.07, 6.45) is 2.41. The molecular weight excluding hydrogens is 264 g/mol. The molecule has 1 saturated carbocycles. The molecule has 4 heteroatoms. The predicted molar refractivity (Wildman–Crippen MR) is 82.1 cm³/mol. The van der Waals surface area contributed by atoms with E-state index in [0.717, 1.165) is 0 Å². The van der Waals surface area contributed by atoms with E-state index in [4.69, 9.17) is 4.74 Å². The van der Waals surface area contributed by atoms with Crippen LogP contribution in [-0.2, 0) is 9.53 Å². The van der Waals surface area contributed by atoms with E-state index in [2.05, 4.69) is 31.3 Å². The van der Waals surface area contributed by atoms with Crippen molar-refractivity contribution in [1.82, 2.24) is 10.2 Å². The summed E-state index contributed by atoms with van der Waals surface area (Å²) in [5, 5.41) is 3.31. The molecule has 1 N–H and O–H groups in total. The maximum Gasteiger partial charge on any atom is 0.236 e. The molecule has 21 heavy (non-hydrogen) atoms. The Labute approximate surface area is 126 Å². The number of amides is 1. The fraction of sp³-hybridized carbons (Fsp3) is 0.588. The first-order valence-electron chi connectivity index (χ1n) is 7.85. The minimum Gasteiger partial charge on any atom is -0.370 e. The second kappa shape index (κ2) is 6.16. The monoisotopic (exact) mass is 288 g/mol. The third-order valence-corrected chi connectivity index (χ3v) is 4.41. The third kappa shape index (κ3) is 3.44. The van der Waals surface area contributed by atoms with E-state index in [0.29, 0.717) is 25.7 Å². The van der Waals surface area contributed by atoms with Crippen LogP contribution < -0.4 is 5.32 Å². The topological polar surface area (TPSA) is 41.6 Å². The molecule has 114 valence electrons. The molecule has 1 aliphatic heterocycles. The summed E-state index contributed by atoms with van der Waals surface area (Å²) in [5.41, 5.74) is 2.41. The van der Waals surface area contributed by atoms with Crippen LogP contribution in [0.3, 0.4) is 0 Å². The molecule has 0 unspecified atom stereocenters. The number of hydrogen-bond donors (Lipinski definition) is 1. The van der Waals surface area contributed by atoms with Gasteiger partial charge in [-0.3, -0.25) is 4.79 Å². The van der Waals surface area contributed by atoms with Gasteiger partial charge in [-0.05, 0) is 37.8 Å². The zero-order chi connectivity index (χ0) is 14.8. The molecule has 2 fully saturated rings. The maximum atomic E-state index is 12.4. The SMILES string of the molecule is Cc1ccccc1[C@H]1CN(C(=O)CNC2CC2)[C@H](C)CO1. The summed E-state index contributed by atoms with van der Waals surface area (Å²) in [4.78, 5) is 14.4. The highest BCUT2D eigenvalue weighted by atomic mass is 16.5. The Kier molecular flexibility index (Phi) is 4.27. The normalized spacial score (nSPS) is 25.9. The van der Waals surface area contributed by atoms with Crippen LogP contribution in [0.2, 0.25) is 0 Å². The molecule has 2 aliphatic rings. The van der Waals surface area contributed by atoms with E-state index in [1.54, 1.807) is 0 Å². The summed E-state index contributed by atoms with van der Waals surface area (Å²) in [7, 11) is 0. The van der Waals surface area contributed by atoms with Gasteiger partial charge in [0.1, 0.15) is 6.10 Å². The summed E-state index contributed by atoms with van der Waals surface area (Å²) in [6.45, 7) is 5.86. The van der Waals surface area contributed by atoms with Crippen molar-refractivity contribution in [1.29, 1.82) is 0 Å². The largest absolute Gasteiger partial charge is 0.370 e. The Balaban J connectivity index is 1.66. The van der Waals surface area contributed by atoms with Gasteiger partial charge in [0, 0.05) is 6.04 Å². The average molecular weight is 288 g/mol. The second-order valence-electron chi connectivity index (χ2n) is 6.23. The number of benzene rings is 1. The zero-order valence-corrected chi connectivity index (χ0v) is 12.8. The fourth-order valence-electron chi connectivity index (χ4n) is 2.86. The van der Waals surface area contributed by atoms with Crippen LogP contribution in [0.4, 0.5) is 0 Å². The van der Waals surface area contributed by atoms with Crippen LogP contribution in [0.5, 0.6) is 0 Å². The van der Waals surface area contributed by atoms with Crippen LogP contribution in [0, 0.1) is 6.92 Å². The van der Waals surface area contributed by atoms with Crippen molar-refractivity contribution in [3.05, 3.63) is 35.4 Å². The maximum absolute atomic E-state index is 12.4. The van der Waals surface area contributed by atoms with Gasteiger partial charge in [-0.1, -0.05) is 24.3 Å². The van der Waals surface area contributed by atoms with Gasteiger partial charge in [0.05, 0.1) is 25.7 Å². The Bertz CT molecular complexity index is 513. The van der Waals surface area contributed by atoms with Crippen molar-refractivity contribution in [3.8, 4) is 0 Å². The van der Waals surface area contributed by atoms with Crippen LogP contribution in [0.15, 0.2) is 24.3 Å². The van der Waals surface area contributed by atoms with Crippen molar-refractivity contribution in [2.75, 3.05) is 19.7 Å². The third-order valence-electron chi connectivity index (χ3n) is 4.41. The van der Waals surface area contributed by atoms with Crippen molar-refractivity contribution in [3.63, 3.8) is 0 Å². The first-order chi connectivity index (χ1) is 10.1. The minimum atomic E-state index is -0.00715. The summed E-state index contributed by atoms with van der Waals surface area (Å²) < 4.78 is 5.96. The second-order valence-corrected chi connectivity index (χ2v) is 6.23. The molecule has 4 nitrogen and oxygen atoms in total. The highest BCUT2D eigenvalue weighted by Gasteiger charge is 2.31. The van der Waals surface area contributed by atoms with Gasteiger partial charge in [-0.25, -0.2) is 0 Å². The number of hydrogen-bond acceptors (Lipinski definition) is 3. The van der Waals surface area contributed by atoms with Crippen LogP contribution in [0.25, 0.3) is 0 Å². The van der Waals surface area contributed by atoms with E-state index < -0.39 is 0 Å². The van der Waals surface area contributed by atoms with Gasteiger partial charge < -0.3 is 15.0 Å². The number of rotatable bonds is 4. The van der Waals surface area contributed by atoms with Crippen LogP contribution >= 0.6 is 0 Å². The number of carbonyl (C=O) groups excluding carboxylic acids is 1. The smallest absolute Gasteiger partial charge is 0.236 e. The Hall–Kier alpha value is -1.39. The van der Waals surface area contributed by atoms with E-state index in [-0.39, 0.29) is 18.1 Å². The van der Waals surface area contributed by atoms with Crippen molar-refractivity contribution in [2.45, 2.75) is 44.9 Å². The first kappa shape index (κ1) is 14.5. The molecule has 0 radical (unpaired) electrons. The minimum absolute atomic E-state index is 0.00715. The summed E-state index contributed by atoms with van der Waals surface area (Å²) >= 11 is 0. The van der Waals surface area contributed by atoms with E-state index in [1.807, 2.05) is 17.0 Å². The van der Waals surface area contributed by atoms with E-state index >= 15 is 0 Å². The number of morpholine rings is 1. The molecule has 1 aliphatic carbocycles. The quantitative estimate of drug-likeness (QED) is 0.922. The van der Waals surface area contributed by atoms with Crippen molar-refractivity contribution in [2.24, 2.45) is 0 Å². The number of nitrogens with zero attached hydrogens (tertiary/aromatic N) is 1. The standard InChI is InChI=1S/C17H24N2O2/c1-12-5-3-4-6-15(12)16-10-19(13(2)11-21-16)17(20)9-18-14-7-8-14/h3-6,13-14,16,18H,7-11H2,1-2H3/t13-,16-/m1/s1. The lowest BCUT2D eigenvalue weighted by Crippen LogP contribution is -2.51. The lowest BCUT2D eigenvalue weighted by molar-refractivity contribution is -0.143. The molecule has 1 heterocycles. The molecule has 2 atom stereocenters. The number of carbonyl (C=O) groups is 1. The molecule has 1 aromatic carbocycles. The average Bonchev–Trinajstić information content (AvgIpc) is 3.30. The Morgan fingerprint density at radius 2 is 2.14 bits per heavy atom. The van der Waals surface area contributed by atoms with E-state index in [1.165, 1.54) is 24.0 Å². The summed E-state index contributed by atoms with van der Waals surface area (Å²) in [6, 6.07) is 8.98. The molecule has 0 spiro atoms. The van der Waals surface area contributed by atoms with Gasteiger partial charge in [-0.15, -0.1) is 0 Å². The highest BCUT2D eigenvalue weighted by molar-refractivity contribution is 5.78. The lowest BCUT2D eigenvalue weighted by atomic mass is 10.0. The summed E-state index contributed by atoms with van der Waals surface area (Å²) in [5.74, 6) is 0.191. The molecule has 0 bridgehead atoms. The first-order valence-corrected chi connectivity index (χ1v) is 7.85. The number of ether oxygens (including phenoxy) is 1. The lowest BCUT2D eigenvalue weighted by Gasteiger charge is -2.38. The van der Waals surface area contributed by atoms with Crippen LogP contribution in [-0.4, -0.2) is 42.6 Å². The molecular formula is C17H24N2O2. The van der Waals surface area contributed by atoms with Gasteiger partial charge in [0.2, 0.25) is 5.91 Å². The van der Waals surface area contributed by atoms with Gasteiger partial charge in [0.15, 0.2) is 0 Å². The molecule has 0 aromatic heterocycles. The van der Waals surface area contributed by atoms with E-state index in [9.17, 15) is 4.79 Å². The van der Waals surface area contributed by atoms with Crippen molar-refractivity contribution < 1.29 is 9.53 Å². The molecule has 1 saturated heterocycles. The van der Waals surface area contributed by atoms with Crippen LogP contribution in [0.1, 0.15) is 37.0 Å². The molecule has 3 rings (SSSR count). The highest BCUT2D eigenvalue weighted by Crippen LogP contribution is 2.27. The number of nitrogens with one attached hydrogen (secondary N) is 1. The molecule has 1 amide bonds.